The molecular weight excluding hydrogens is 432 g/mol. The van der Waals surface area contributed by atoms with Crippen molar-refractivity contribution < 1.29 is 9.90 Å². The molecule has 0 bridgehead atoms. The molecule has 168 valence electrons. The van der Waals surface area contributed by atoms with Crippen molar-refractivity contribution in [3.63, 3.8) is 0 Å². The number of aromatic carboxylic acids is 1. The van der Waals surface area contributed by atoms with Gasteiger partial charge >= 0.3 is 11.7 Å². The Balaban J connectivity index is 1.59. The van der Waals surface area contributed by atoms with Crippen LogP contribution in [0.3, 0.4) is 0 Å². The Bertz CT molecular complexity index is 1710. The van der Waals surface area contributed by atoms with Crippen LogP contribution in [0.2, 0.25) is 0 Å². The van der Waals surface area contributed by atoms with E-state index in [2.05, 4.69) is 14.7 Å². The van der Waals surface area contributed by atoms with Gasteiger partial charge in [0.05, 0.1) is 22.7 Å². The van der Waals surface area contributed by atoms with E-state index in [1.54, 1.807) is 48.5 Å². The Morgan fingerprint density at radius 2 is 1.65 bits per heavy atom. The van der Waals surface area contributed by atoms with E-state index in [0.717, 1.165) is 32.4 Å². The Morgan fingerprint density at radius 1 is 0.971 bits per heavy atom. The van der Waals surface area contributed by atoms with Crippen molar-refractivity contribution >= 4 is 34.0 Å². The van der Waals surface area contributed by atoms with Gasteiger partial charge in [-0.2, -0.15) is 5.10 Å². The summed E-state index contributed by atoms with van der Waals surface area (Å²) in [6.45, 7) is 2.47. The molecule has 0 spiro atoms. The van der Waals surface area contributed by atoms with Gasteiger partial charge in [-0.1, -0.05) is 42.5 Å². The number of para-hydroxylation sites is 2. The average Bonchev–Trinajstić information content (AvgIpc) is 3.10. The summed E-state index contributed by atoms with van der Waals surface area (Å²) >= 11 is 0. The van der Waals surface area contributed by atoms with Crippen molar-refractivity contribution in [1.29, 1.82) is 0 Å². The molecule has 0 saturated carbocycles. The number of fused-ring (bicyclic) bond motifs is 2. The highest BCUT2D eigenvalue weighted by molar-refractivity contribution is 6.01. The van der Waals surface area contributed by atoms with Crippen LogP contribution in [-0.4, -0.2) is 31.5 Å². The zero-order valence-corrected chi connectivity index (χ0v) is 18.2. The number of benzene rings is 3. The summed E-state index contributed by atoms with van der Waals surface area (Å²) in [5.74, 6) is -0.966. The molecule has 0 unspecified atom stereocenters. The first kappa shape index (κ1) is 21.1. The van der Waals surface area contributed by atoms with Crippen LogP contribution in [-0.2, 0) is 6.54 Å². The first-order valence-electron chi connectivity index (χ1n) is 10.6. The third-order valence-corrected chi connectivity index (χ3v) is 5.91. The van der Waals surface area contributed by atoms with Crippen molar-refractivity contribution in [3.05, 3.63) is 116 Å². The van der Waals surface area contributed by atoms with Crippen molar-refractivity contribution in [2.24, 2.45) is 5.10 Å². The SMILES string of the molecule is Cc1c(C=Nn2c(=O)[nH]c3ccccc3c2=O)c2ccccc2n1Cc1ccc(C(=O)O)cc1. The number of aromatic amines is 1. The number of carbonyl (C=O) groups is 1. The molecule has 0 amide bonds. The molecule has 5 rings (SSSR count). The van der Waals surface area contributed by atoms with Gasteiger partial charge in [0.15, 0.2) is 0 Å². The molecule has 2 aromatic heterocycles. The second-order valence-electron chi connectivity index (χ2n) is 7.94. The number of nitrogens with zero attached hydrogens (tertiary/aromatic N) is 3. The quantitative estimate of drug-likeness (QED) is 0.397. The molecule has 8 nitrogen and oxygen atoms in total. The van der Waals surface area contributed by atoms with E-state index >= 15 is 0 Å². The lowest BCUT2D eigenvalue weighted by Crippen LogP contribution is -2.32. The maximum absolute atomic E-state index is 12.8. The first-order valence-corrected chi connectivity index (χ1v) is 10.6. The normalized spacial score (nSPS) is 11.6. The zero-order chi connectivity index (χ0) is 23.8. The van der Waals surface area contributed by atoms with E-state index in [-0.39, 0.29) is 5.56 Å². The highest BCUT2D eigenvalue weighted by atomic mass is 16.4. The molecule has 8 heteroatoms. The Kier molecular flexibility index (Phi) is 5.18. The van der Waals surface area contributed by atoms with Gasteiger partial charge in [-0.3, -0.25) is 4.79 Å². The number of rotatable bonds is 5. The summed E-state index contributed by atoms with van der Waals surface area (Å²) in [4.78, 5) is 39.1. The van der Waals surface area contributed by atoms with E-state index in [0.29, 0.717) is 17.4 Å². The summed E-state index contributed by atoms with van der Waals surface area (Å²) in [5.41, 5.74) is 3.19. The molecule has 0 fully saturated rings. The number of aromatic nitrogens is 3. The van der Waals surface area contributed by atoms with E-state index in [4.69, 9.17) is 5.11 Å². The monoisotopic (exact) mass is 452 g/mol. The standard InChI is InChI=1S/C26H20N4O4/c1-16-21(14-27-30-24(31)20-7-2-4-8-22(20)28-26(30)34)19-6-3-5-9-23(19)29(16)15-17-10-12-18(13-11-17)25(32)33/h2-14H,15H2,1H3,(H,28,34)(H,32,33). The maximum Gasteiger partial charge on any atom is 0.349 e. The molecule has 0 atom stereocenters. The van der Waals surface area contributed by atoms with Crippen molar-refractivity contribution in [2.45, 2.75) is 13.5 Å². The van der Waals surface area contributed by atoms with Crippen LogP contribution < -0.4 is 11.2 Å². The first-order chi connectivity index (χ1) is 16.4. The van der Waals surface area contributed by atoms with Crippen LogP contribution in [0.15, 0.2) is 87.5 Å². The Labute approximate surface area is 193 Å². The number of hydrogen-bond donors (Lipinski definition) is 2. The minimum atomic E-state index is -0.966. The minimum Gasteiger partial charge on any atom is -0.478 e. The van der Waals surface area contributed by atoms with Gasteiger partial charge in [0.2, 0.25) is 0 Å². The third kappa shape index (κ3) is 3.61. The minimum absolute atomic E-state index is 0.233. The fourth-order valence-corrected chi connectivity index (χ4v) is 4.13. The van der Waals surface area contributed by atoms with E-state index < -0.39 is 17.2 Å². The number of carboxylic acid groups (broad SMARTS) is 1. The Morgan fingerprint density at radius 3 is 2.38 bits per heavy atom. The topological polar surface area (TPSA) is 109 Å². The van der Waals surface area contributed by atoms with Gasteiger partial charge in [-0.15, -0.1) is 4.68 Å². The highest BCUT2D eigenvalue weighted by Gasteiger charge is 2.14. The fraction of sp³-hybridized carbons (Fsp3) is 0.0769. The second kappa shape index (κ2) is 8.32. The molecule has 0 aliphatic rings. The number of hydrogen-bond acceptors (Lipinski definition) is 4. The summed E-state index contributed by atoms with van der Waals surface area (Å²) in [6.07, 6.45) is 1.53. The zero-order valence-electron chi connectivity index (χ0n) is 18.2. The van der Waals surface area contributed by atoms with Crippen molar-refractivity contribution in [3.8, 4) is 0 Å². The van der Waals surface area contributed by atoms with Crippen LogP contribution in [0, 0.1) is 6.92 Å². The van der Waals surface area contributed by atoms with Crippen LogP contribution in [0.1, 0.15) is 27.2 Å². The molecule has 3 aromatic carbocycles. The molecule has 0 aliphatic heterocycles. The highest BCUT2D eigenvalue weighted by Crippen LogP contribution is 2.25. The molecule has 0 saturated heterocycles. The number of carboxylic acids is 1. The lowest BCUT2D eigenvalue weighted by Gasteiger charge is -2.09. The smallest absolute Gasteiger partial charge is 0.349 e. The van der Waals surface area contributed by atoms with Crippen LogP contribution in [0.25, 0.3) is 21.8 Å². The molecule has 0 radical (unpaired) electrons. The largest absolute Gasteiger partial charge is 0.478 e. The molecule has 2 N–H and O–H groups in total. The van der Waals surface area contributed by atoms with Gasteiger partial charge < -0.3 is 14.7 Å². The predicted octanol–water partition coefficient (Wildman–Crippen LogP) is 3.58. The maximum atomic E-state index is 12.8. The van der Waals surface area contributed by atoms with Gasteiger partial charge in [-0.25, -0.2) is 9.59 Å². The van der Waals surface area contributed by atoms with Gasteiger partial charge in [0.25, 0.3) is 5.56 Å². The average molecular weight is 452 g/mol. The molecule has 34 heavy (non-hydrogen) atoms. The molecule has 0 aliphatic carbocycles. The van der Waals surface area contributed by atoms with Crippen molar-refractivity contribution in [2.75, 3.05) is 0 Å². The van der Waals surface area contributed by atoms with Crippen LogP contribution in [0.4, 0.5) is 0 Å². The fourth-order valence-electron chi connectivity index (χ4n) is 4.13. The third-order valence-electron chi connectivity index (χ3n) is 5.91. The molecule has 5 aromatic rings. The second-order valence-corrected chi connectivity index (χ2v) is 7.94. The Hall–Kier alpha value is -4.72. The van der Waals surface area contributed by atoms with E-state index in [9.17, 15) is 14.4 Å². The van der Waals surface area contributed by atoms with Crippen molar-refractivity contribution in [1.82, 2.24) is 14.2 Å². The molecule has 2 heterocycles. The lowest BCUT2D eigenvalue weighted by atomic mass is 10.1. The lowest BCUT2D eigenvalue weighted by molar-refractivity contribution is 0.0697. The van der Waals surface area contributed by atoms with Crippen LogP contribution in [0.5, 0.6) is 0 Å². The van der Waals surface area contributed by atoms with Gasteiger partial charge in [0, 0.05) is 28.7 Å². The van der Waals surface area contributed by atoms with Gasteiger partial charge in [-0.05, 0) is 42.8 Å². The summed E-state index contributed by atoms with van der Waals surface area (Å²) in [5, 5.41) is 14.7. The predicted molar refractivity (Wildman–Crippen MR) is 131 cm³/mol. The van der Waals surface area contributed by atoms with Crippen LogP contribution >= 0.6 is 0 Å². The number of nitrogens with one attached hydrogen (secondary N) is 1. The summed E-state index contributed by atoms with van der Waals surface area (Å²) in [6, 6.07) is 21.3. The number of H-pyrrole nitrogens is 1. The molecular formula is C26H20N4O4. The van der Waals surface area contributed by atoms with E-state index in [1.807, 2.05) is 31.2 Å². The van der Waals surface area contributed by atoms with Gasteiger partial charge in [0.1, 0.15) is 0 Å². The summed E-state index contributed by atoms with van der Waals surface area (Å²) < 4.78 is 2.93. The van der Waals surface area contributed by atoms with E-state index in [1.165, 1.54) is 6.21 Å². The summed E-state index contributed by atoms with van der Waals surface area (Å²) in [7, 11) is 0.